The summed E-state index contributed by atoms with van der Waals surface area (Å²) >= 11 is 1.26. The summed E-state index contributed by atoms with van der Waals surface area (Å²) < 4.78 is 8.96. The van der Waals surface area contributed by atoms with Crippen LogP contribution in [0.25, 0.3) is 21.9 Å². The van der Waals surface area contributed by atoms with Gasteiger partial charge in [0.2, 0.25) is 5.91 Å². The maximum absolute atomic E-state index is 13.9. The highest BCUT2D eigenvalue weighted by Crippen LogP contribution is 2.30. The number of nitrogens with zero attached hydrogens (tertiary/aromatic N) is 3. The first-order valence-electron chi connectivity index (χ1n) is 12.1. The smallest absolute Gasteiger partial charge is 0.279 e. The van der Waals surface area contributed by atoms with Gasteiger partial charge in [-0.3, -0.25) is 14.2 Å². The average molecular weight is 513 g/mol. The van der Waals surface area contributed by atoms with Crippen molar-refractivity contribution in [1.29, 1.82) is 0 Å². The fourth-order valence-corrected chi connectivity index (χ4v) is 5.33. The summed E-state index contributed by atoms with van der Waals surface area (Å²) in [4.78, 5) is 31.7. The Labute approximate surface area is 219 Å². The Balaban J connectivity index is 1.56. The van der Waals surface area contributed by atoms with Crippen LogP contribution in [0.1, 0.15) is 18.1 Å². The number of methoxy groups -OCH3 is 1. The van der Waals surface area contributed by atoms with Gasteiger partial charge in [-0.25, -0.2) is 4.98 Å². The molecule has 8 heteroatoms. The normalized spacial score (nSPS) is 11.2. The summed E-state index contributed by atoms with van der Waals surface area (Å²) in [7, 11) is 3.49. The topological polar surface area (TPSA) is 78.2 Å². The van der Waals surface area contributed by atoms with Crippen LogP contribution in [0, 0.1) is 0 Å². The summed E-state index contributed by atoms with van der Waals surface area (Å²) in [5.41, 5.74) is 4.73. The van der Waals surface area contributed by atoms with Crippen LogP contribution >= 0.6 is 11.8 Å². The summed E-state index contributed by atoms with van der Waals surface area (Å²) in [6.07, 6.45) is 0.822. The number of benzene rings is 3. The fraction of sp³-hybridized carbons (Fsp3) is 0.207. The van der Waals surface area contributed by atoms with Gasteiger partial charge in [0.25, 0.3) is 5.56 Å². The molecule has 0 aliphatic carbocycles. The molecule has 0 atom stereocenters. The Morgan fingerprint density at radius 2 is 1.81 bits per heavy atom. The van der Waals surface area contributed by atoms with Gasteiger partial charge in [-0.15, -0.1) is 0 Å². The molecular weight excluding hydrogens is 484 g/mol. The minimum absolute atomic E-state index is 0.124. The number of thioether (sulfide) groups is 1. The summed E-state index contributed by atoms with van der Waals surface area (Å²) in [5, 5.41) is 4.34. The molecule has 1 N–H and O–H groups in total. The molecule has 0 aliphatic rings. The minimum Gasteiger partial charge on any atom is -0.497 e. The van der Waals surface area contributed by atoms with Crippen molar-refractivity contribution in [2.75, 3.05) is 18.2 Å². The lowest BCUT2D eigenvalue weighted by Gasteiger charge is -2.13. The molecule has 1 amide bonds. The number of aromatic nitrogens is 3. The molecule has 2 aromatic heterocycles. The molecule has 0 saturated heterocycles. The number of rotatable bonds is 8. The number of carbonyl (C=O) groups is 1. The average Bonchev–Trinajstić information content (AvgIpc) is 3.21. The molecule has 5 rings (SSSR count). The van der Waals surface area contributed by atoms with Crippen molar-refractivity contribution < 1.29 is 9.53 Å². The van der Waals surface area contributed by atoms with Gasteiger partial charge in [-0.2, -0.15) is 0 Å². The largest absolute Gasteiger partial charge is 0.497 e. The second-order valence-electron chi connectivity index (χ2n) is 8.76. The molecule has 2 heterocycles. The SMILES string of the molecule is CCc1ccccc1NC(=O)CSc1nc2c3cc(OC)ccc3n(C)c2c(=O)n1Cc1ccccc1. The monoisotopic (exact) mass is 512 g/mol. The molecule has 188 valence electrons. The van der Waals surface area contributed by atoms with E-state index in [4.69, 9.17) is 9.72 Å². The van der Waals surface area contributed by atoms with Crippen molar-refractivity contribution >= 4 is 45.3 Å². The lowest BCUT2D eigenvalue weighted by atomic mass is 10.1. The van der Waals surface area contributed by atoms with E-state index in [1.54, 1.807) is 11.7 Å². The number of ether oxygens (including phenoxy) is 1. The summed E-state index contributed by atoms with van der Waals surface area (Å²) in [6.45, 7) is 2.41. The highest BCUT2D eigenvalue weighted by atomic mass is 32.2. The Kier molecular flexibility index (Phi) is 7.01. The van der Waals surface area contributed by atoms with E-state index in [0.29, 0.717) is 28.5 Å². The van der Waals surface area contributed by atoms with Gasteiger partial charge in [-0.05, 0) is 41.8 Å². The van der Waals surface area contributed by atoms with Crippen LogP contribution in [-0.4, -0.2) is 32.9 Å². The van der Waals surface area contributed by atoms with Crippen LogP contribution < -0.4 is 15.6 Å². The number of para-hydroxylation sites is 1. The van der Waals surface area contributed by atoms with Crippen LogP contribution in [0.3, 0.4) is 0 Å². The van der Waals surface area contributed by atoms with E-state index in [2.05, 4.69) is 12.2 Å². The van der Waals surface area contributed by atoms with Crippen molar-refractivity contribution in [1.82, 2.24) is 14.1 Å². The molecule has 7 nitrogen and oxygen atoms in total. The molecule has 0 bridgehead atoms. The fourth-order valence-electron chi connectivity index (χ4n) is 4.54. The molecule has 0 saturated carbocycles. The third kappa shape index (κ3) is 4.84. The zero-order chi connectivity index (χ0) is 25.9. The van der Waals surface area contributed by atoms with E-state index in [0.717, 1.165) is 34.1 Å². The molecule has 0 fully saturated rings. The number of fused-ring (bicyclic) bond motifs is 3. The van der Waals surface area contributed by atoms with Crippen LogP contribution in [0.2, 0.25) is 0 Å². The zero-order valence-corrected chi connectivity index (χ0v) is 21.8. The number of nitrogens with one attached hydrogen (secondary N) is 1. The second-order valence-corrected chi connectivity index (χ2v) is 9.70. The standard InChI is InChI=1S/C29H28N4O3S/c1-4-20-12-8-9-13-23(20)30-25(34)18-37-29-31-26-22-16-21(36-3)14-15-24(22)32(2)27(26)28(35)33(29)17-19-10-6-5-7-11-19/h5-16H,4,17-18H2,1-3H3,(H,30,34). The number of anilines is 1. The van der Waals surface area contributed by atoms with E-state index >= 15 is 0 Å². The van der Waals surface area contributed by atoms with Crippen LogP contribution in [0.15, 0.2) is 82.7 Å². The number of hydrogen-bond donors (Lipinski definition) is 1. The maximum atomic E-state index is 13.9. The van der Waals surface area contributed by atoms with Gasteiger partial charge in [0, 0.05) is 18.1 Å². The van der Waals surface area contributed by atoms with Crippen molar-refractivity contribution in [2.24, 2.45) is 7.05 Å². The zero-order valence-electron chi connectivity index (χ0n) is 21.0. The third-order valence-electron chi connectivity index (χ3n) is 6.45. The number of aryl methyl sites for hydroxylation is 2. The summed E-state index contributed by atoms with van der Waals surface area (Å²) in [5.74, 6) is 0.670. The molecule has 0 radical (unpaired) electrons. The lowest BCUT2D eigenvalue weighted by molar-refractivity contribution is -0.113. The van der Waals surface area contributed by atoms with E-state index in [1.807, 2.05) is 84.4 Å². The predicted octanol–water partition coefficient (Wildman–Crippen LogP) is 5.24. The minimum atomic E-state index is -0.147. The number of hydrogen-bond acceptors (Lipinski definition) is 5. The molecule has 5 aromatic rings. The first-order chi connectivity index (χ1) is 18.0. The first-order valence-corrected chi connectivity index (χ1v) is 13.1. The Morgan fingerprint density at radius 3 is 2.57 bits per heavy atom. The second kappa shape index (κ2) is 10.5. The van der Waals surface area contributed by atoms with Crippen LogP contribution in [0.5, 0.6) is 5.75 Å². The Hall–Kier alpha value is -4.04. The molecule has 37 heavy (non-hydrogen) atoms. The molecule has 3 aromatic carbocycles. The molecule has 0 unspecified atom stereocenters. The van der Waals surface area contributed by atoms with Gasteiger partial charge in [0.15, 0.2) is 5.16 Å². The van der Waals surface area contributed by atoms with Crippen molar-refractivity contribution in [3.63, 3.8) is 0 Å². The molecular formula is C29H28N4O3S. The van der Waals surface area contributed by atoms with E-state index in [1.165, 1.54) is 11.8 Å². The van der Waals surface area contributed by atoms with Crippen LogP contribution in [0.4, 0.5) is 5.69 Å². The van der Waals surface area contributed by atoms with Gasteiger partial charge in [0.1, 0.15) is 16.8 Å². The number of amides is 1. The Morgan fingerprint density at radius 1 is 1.05 bits per heavy atom. The quantitative estimate of drug-likeness (QED) is 0.227. The highest BCUT2D eigenvalue weighted by molar-refractivity contribution is 7.99. The molecule has 0 aliphatic heterocycles. The van der Waals surface area contributed by atoms with Crippen molar-refractivity contribution in [2.45, 2.75) is 25.0 Å². The van der Waals surface area contributed by atoms with Gasteiger partial charge in [0.05, 0.1) is 24.9 Å². The Bertz CT molecular complexity index is 1660. The first kappa shape index (κ1) is 24.6. The van der Waals surface area contributed by atoms with Crippen molar-refractivity contribution in [3.8, 4) is 5.75 Å². The number of carbonyl (C=O) groups excluding carboxylic acids is 1. The van der Waals surface area contributed by atoms with Gasteiger partial charge >= 0.3 is 0 Å². The predicted molar refractivity (Wildman–Crippen MR) is 150 cm³/mol. The van der Waals surface area contributed by atoms with Crippen LogP contribution in [-0.2, 0) is 24.8 Å². The van der Waals surface area contributed by atoms with Crippen molar-refractivity contribution in [3.05, 3.63) is 94.3 Å². The maximum Gasteiger partial charge on any atom is 0.279 e. The van der Waals surface area contributed by atoms with Gasteiger partial charge in [-0.1, -0.05) is 67.2 Å². The van der Waals surface area contributed by atoms with Gasteiger partial charge < -0.3 is 14.6 Å². The van der Waals surface area contributed by atoms with E-state index < -0.39 is 0 Å². The lowest BCUT2D eigenvalue weighted by Crippen LogP contribution is -2.26. The summed E-state index contributed by atoms with van der Waals surface area (Å²) in [6, 6.07) is 23.3. The van der Waals surface area contributed by atoms with E-state index in [-0.39, 0.29) is 17.2 Å². The molecule has 0 spiro atoms. The highest BCUT2D eigenvalue weighted by Gasteiger charge is 2.20. The third-order valence-corrected chi connectivity index (χ3v) is 7.43. The van der Waals surface area contributed by atoms with E-state index in [9.17, 15) is 9.59 Å².